The molecule has 0 amide bonds. The molecule has 0 saturated heterocycles. The molecule has 4 heteroatoms. The van der Waals surface area contributed by atoms with Crippen LogP contribution in [-0.4, -0.2) is 17.1 Å². The predicted octanol–water partition coefficient (Wildman–Crippen LogP) is 10.9. The fraction of sp³-hybridized carbons (Fsp3) is 0.359. The molecule has 1 aliphatic rings. The zero-order chi connectivity index (χ0) is 30.0. The van der Waals surface area contributed by atoms with E-state index in [1.807, 2.05) is 30.5 Å². The van der Waals surface area contributed by atoms with Crippen LogP contribution in [0, 0.1) is 12.0 Å². The van der Waals surface area contributed by atoms with Gasteiger partial charge in [-0.25, -0.2) is 6.17 Å². The Hall–Kier alpha value is -2.88. The van der Waals surface area contributed by atoms with Crippen molar-refractivity contribution in [3.8, 4) is 11.3 Å². The van der Waals surface area contributed by atoms with Gasteiger partial charge in [-0.15, -0.1) is 41.2 Å². The Morgan fingerprint density at radius 1 is 0.791 bits per heavy atom. The molecule has 0 fully saturated rings. The average molecular weight is 747 g/mol. The number of aromatic nitrogens is 1. The molecule has 224 valence electrons. The summed E-state index contributed by atoms with van der Waals surface area (Å²) in [6, 6.07) is 32.1. The van der Waals surface area contributed by atoms with Gasteiger partial charge in [0.2, 0.25) is 0 Å². The molecule has 1 aliphatic carbocycles. The van der Waals surface area contributed by atoms with Crippen molar-refractivity contribution in [2.24, 2.45) is 5.92 Å². The van der Waals surface area contributed by atoms with Crippen molar-refractivity contribution in [2.75, 3.05) is 0 Å². The van der Waals surface area contributed by atoms with Crippen molar-refractivity contribution in [3.63, 3.8) is 0 Å². The molecule has 43 heavy (non-hydrogen) atoms. The van der Waals surface area contributed by atoms with Crippen LogP contribution in [-0.2, 0) is 31.9 Å². The van der Waals surface area contributed by atoms with Crippen molar-refractivity contribution in [3.05, 3.63) is 124 Å². The molecule has 0 spiro atoms. The monoisotopic (exact) mass is 747 g/mol. The van der Waals surface area contributed by atoms with Crippen LogP contribution in [0.5, 0.6) is 0 Å². The van der Waals surface area contributed by atoms with E-state index in [2.05, 4.69) is 127 Å². The number of nitrogens with zero attached hydrogens (tertiary/aromatic N) is 3. The van der Waals surface area contributed by atoms with Crippen LogP contribution >= 0.6 is 0 Å². The normalized spacial score (nSPS) is 13.3. The first kappa shape index (κ1) is 33.0. The van der Waals surface area contributed by atoms with Gasteiger partial charge in [0.15, 0.2) is 0 Å². The maximum atomic E-state index is 4.93. The summed E-state index contributed by atoms with van der Waals surface area (Å²) in [5.74, 6) is 0.649. The predicted molar refractivity (Wildman–Crippen MR) is 180 cm³/mol. The van der Waals surface area contributed by atoms with Gasteiger partial charge in [0.05, 0.1) is 0 Å². The number of fused-ring (bicyclic) bond motifs is 4. The fourth-order valence-electron chi connectivity index (χ4n) is 6.20. The Morgan fingerprint density at radius 2 is 1.49 bits per heavy atom. The van der Waals surface area contributed by atoms with Crippen LogP contribution in [0.15, 0.2) is 85.1 Å². The van der Waals surface area contributed by atoms with E-state index in [1.54, 1.807) is 0 Å². The quantitative estimate of drug-likeness (QED) is 0.153. The van der Waals surface area contributed by atoms with Crippen LogP contribution in [0.3, 0.4) is 0 Å². The van der Waals surface area contributed by atoms with Crippen LogP contribution in [0.25, 0.3) is 43.4 Å². The smallest absolute Gasteiger partial charge is 0.672 e. The third kappa shape index (κ3) is 7.10. The van der Waals surface area contributed by atoms with E-state index in [0.717, 1.165) is 17.7 Å². The molecule has 1 aromatic heterocycles. The zero-order valence-corrected chi connectivity index (χ0v) is 29.2. The third-order valence-corrected chi connectivity index (χ3v) is 7.95. The van der Waals surface area contributed by atoms with Crippen molar-refractivity contribution >= 4 is 21.5 Å². The Labute approximate surface area is 272 Å². The number of rotatable bonds is 7. The Bertz CT molecular complexity index is 1660. The summed E-state index contributed by atoms with van der Waals surface area (Å²) in [6.07, 6.45) is 3.13. The fourth-order valence-corrected chi connectivity index (χ4v) is 6.20. The number of hydrogen-bond acceptors (Lipinski definition) is 1. The Morgan fingerprint density at radius 3 is 2.14 bits per heavy atom. The first-order valence-corrected chi connectivity index (χ1v) is 15.4. The van der Waals surface area contributed by atoms with E-state index in [0.29, 0.717) is 18.0 Å². The summed E-state index contributed by atoms with van der Waals surface area (Å²) >= 11 is 0. The molecule has 0 atom stereocenters. The van der Waals surface area contributed by atoms with Crippen molar-refractivity contribution in [1.29, 1.82) is 0 Å². The second-order valence-electron chi connectivity index (χ2n) is 13.0. The summed E-state index contributed by atoms with van der Waals surface area (Å²) < 4.78 is 0. The zero-order valence-electron chi connectivity index (χ0n) is 26.8. The molecule has 0 radical (unpaired) electrons. The molecule has 1 heterocycles. The van der Waals surface area contributed by atoms with E-state index in [1.165, 1.54) is 43.8 Å². The van der Waals surface area contributed by atoms with E-state index in [4.69, 9.17) is 4.98 Å². The first-order valence-electron chi connectivity index (χ1n) is 15.4. The number of benzene rings is 4. The van der Waals surface area contributed by atoms with Gasteiger partial charge in [0.25, 0.3) is 0 Å². The first-order chi connectivity index (χ1) is 20.1. The minimum absolute atomic E-state index is 0. The molecule has 0 saturated carbocycles. The van der Waals surface area contributed by atoms with Gasteiger partial charge in [-0.05, 0) is 39.9 Å². The second kappa shape index (κ2) is 13.8. The van der Waals surface area contributed by atoms with Crippen molar-refractivity contribution < 1.29 is 20.1 Å². The van der Waals surface area contributed by atoms with Gasteiger partial charge in [-0.3, -0.25) is 0 Å². The molecule has 5 aromatic rings. The van der Waals surface area contributed by atoms with Gasteiger partial charge in [-0.1, -0.05) is 139 Å². The minimum atomic E-state index is -0.0972. The molecule has 3 nitrogen and oxygen atoms in total. The van der Waals surface area contributed by atoms with Crippen LogP contribution in [0.1, 0.15) is 83.8 Å². The number of pyridine rings is 1. The molecule has 0 bridgehead atoms. The molecule has 6 rings (SSSR count). The van der Waals surface area contributed by atoms with Gasteiger partial charge < -0.3 is 15.6 Å². The second-order valence-corrected chi connectivity index (χ2v) is 13.0. The Balaban J connectivity index is 0.000000228. The topological polar surface area (TPSA) is 41.1 Å². The van der Waals surface area contributed by atoms with Crippen LogP contribution in [0.2, 0.25) is 0 Å². The molecule has 0 N–H and O–H groups in total. The van der Waals surface area contributed by atoms with E-state index < -0.39 is 0 Å². The summed E-state index contributed by atoms with van der Waals surface area (Å²) in [6.45, 7) is 17.6. The molecule has 4 aromatic carbocycles. The molecule has 0 unspecified atom stereocenters. The van der Waals surface area contributed by atoms with Crippen LogP contribution < -0.4 is 0 Å². The van der Waals surface area contributed by atoms with E-state index in [-0.39, 0.29) is 31.7 Å². The van der Waals surface area contributed by atoms with E-state index in [9.17, 15) is 0 Å². The summed E-state index contributed by atoms with van der Waals surface area (Å²) in [4.78, 5) is 4.93. The summed E-state index contributed by atoms with van der Waals surface area (Å²) in [7, 11) is 0. The summed E-state index contributed by atoms with van der Waals surface area (Å²) in [5.41, 5.74) is 7.45. The van der Waals surface area contributed by atoms with E-state index >= 15 is 0 Å². The van der Waals surface area contributed by atoms with Gasteiger partial charge in [0, 0.05) is 11.6 Å². The standard InChI is InChI=1S/C26H24N.C13H20N2.Ir/c1-16(2)13-17-11-12-19-15-27-25-20-9-5-7-18-8-6-10-22(23(18)20)26(3,4)24(25)21(19)14-17;1-10(2)14-13(15-11(3)4)12-8-6-5-7-9-12;/h5-8,10-12,14-16H,13H2,1-4H3;5-11,13H,1-4H3;/q-1;-2;+3. The summed E-state index contributed by atoms with van der Waals surface area (Å²) in [5, 5.41) is 14.4. The molecular formula is C39H44IrN3. The molecular weight excluding hydrogens is 703 g/mol. The SMILES string of the molecule is CC(C)Cc1ccc2cnc3c(c2c1)C(C)(C)c1cccc2cc[c-]c-3c12.CC(C)[N-]C([N-]C(C)C)c1ccccc1.[Ir+3]. The maximum Gasteiger partial charge on any atom is 3.00 e. The Kier molecular flexibility index (Phi) is 10.6. The van der Waals surface area contributed by atoms with Gasteiger partial charge in [-0.2, -0.15) is 0 Å². The minimum Gasteiger partial charge on any atom is -0.672 e. The maximum absolute atomic E-state index is 4.93. The average Bonchev–Trinajstić information content (AvgIpc) is 2.95. The molecule has 0 aliphatic heterocycles. The largest absolute Gasteiger partial charge is 3.00 e. The van der Waals surface area contributed by atoms with Gasteiger partial charge >= 0.3 is 20.1 Å². The van der Waals surface area contributed by atoms with Crippen molar-refractivity contribution in [1.82, 2.24) is 4.98 Å². The number of hydrogen-bond donors (Lipinski definition) is 0. The van der Waals surface area contributed by atoms with Crippen molar-refractivity contribution in [2.45, 2.75) is 85.5 Å². The van der Waals surface area contributed by atoms with Gasteiger partial charge in [0.1, 0.15) is 0 Å². The van der Waals surface area contributed by atoms with Crippen LogP contribution in [0.4, 0.5) is 0 Å². The third-order valence-electron chi connectivity index (χ3n) is 7.95.